The van der Waals surface area contributed by atoms with Crippen molar-refractivity contribution in [1.82, 2.24) is 4.98 Å². The molecule has 1 aromatic rings. The SMILES string of the molecule is CC(C)CCSc1c(C#N)c(Cl)nc(Cl)c1C#N. The maximum Gasteiger partial charge on any atom is 0.149 e. The minimum Gasteiger partial charge on any atom is -0.222 e. The molecule has 1 aromatic heterocycles. The molecule has 0 saturated heterocycles. The largest absolute Gasteiger partial charge is 0.222 e. The number of hydrogen-bond acceptors (Lipinski definition) is 4. The molecule has 0 aliphatic carbocycles. The summed E-state index contributed by atoms with van der Waals surface area (Å²) in [6.45, 7) is 4.23. The van der Waals surface area contributed by atoms with Crippen molar-refractivity contribution in [2.75, 3.05) is 5.75 Å². The first-order chi connectivity index (χ1) is 8.51. The van der Waals surface area contributed by atoms with E-state index in [0.717, 1.165) is 12.2 Å². The van der Waals surface area contributed by atoms with E-state index in [2.05, 4.69) is 18.8 Å². The molecule has 0 bridgehead atoms. The molecule has 0 atom stereocenters. The average molecular weight is 300 g/mol. The van der Waals surface area contributed by atoms with Crippen molar-refractivity contribution in [2.24, 2.45) is 5.92 Å². The summed E-state index contributed by atoms with van der Waals surface area (Å²) in [7, 11) is 0. The molecule has 0 radical (unpaired) electrons. The van der Waals surface area contributed by atoms with Crippen LogP contribution in [0.3, 0.4) is 0 Å². The second-order valence-corrected chi connectivity index (χ2v) is 5.85. The summed E-state index contributed by atoms with van der Waals surface area (Å²) < 4.78 is 0. The smallest absolute Gasteiger partial charge is 0.149 e. The summed E-state index contributed by atoms with van der Waals surface area (Å²) in [6, 6.07) is 3.96. The van der Waals surface area contributed by atoms with Crippen molar-refractivity contribution in [3.63, 3.8) is 0 Å². The molecule has 1 rings (SSSR count). The Labute approximate surface area is 121 Å². The second kappa shape index (κ2) is 6.85. The maximum atomic E-state index is 9.08. The van der Waals surface area contributed by atoms with E-state index in [1.54, 1.807) is 0 Å². The number of pyridine rings is 1. The quantitative estimate of drug-likeness (QED) is 0.615. The van der Waals surface area contributed by atoms with E-state index in [1.807, 2.05) is 12.1 Å². The molecule has 0 aromatic carbocycles. The first-order valence-corrected chi connectivity index (χ1v) is 7.07. The lowest BCUT2D eigenvalue weighted by atomic mass is 10.2. The van der Waals surface area contributed by atoms with Gasteiger partial charge in [-0.25, -0.2) is 4.98 Å². The van der Waals surface area contributed by atoms with Gasteiger partial charge in [0.05, 0.1) is 0 Å². The molecule has 0 aliphatic rings. The molecule has 0 fully saturated rings. The Hall–Kier alpha value is -0.940. The fourth-order valence-corrected chi connectivity index (χ4v) is 3.21. The van der Waals surface area contributed by atoms with Gasteiger partial charge in [-0.3, -0.25) is 0 Å². The Morgan fingerprint density at radius 2 is 1.67 bits per heavy atom. The van der Waals surface area contributed by atoms with Crippen LogP contribution in [0.1, 0.15) is 31.4 Å². The van der Waals surface area contributed by atoms with Gasteiger partial charge in [0.25, 0.3) is 0 Å². The van der Waals surface area contributed by atoms with Gasteiger partial charge in [-0.2, -0.15) is 10.5 Å². The molecule has 0 aliphatic heterocycles. The van der Waals surface area contributed by atoms with E-state index >= 15 is 0 Å². The standard InChI is InChI=1S/C12H11Cl2N3S/c1-7(2)3-4-18-10-8(5-15)11(13)17-12(14)9(10)6-16/h7H,3-4H2,1-2H3. The molecule has 3 nitrogen and oxygen atoms in total. The first-order valence-electron chi connectivity index (χ1n) is 5.33. The summed E-state index contributed by atoms with van der Waals surface area (Å²) in [5.74, 6) is 1.36. The van der Waals surface area contributed by atoms with E-state index < -0.39 is 0 Å². The minimum absolute atomic E-state index is 0.0496. The highest BCUT2D eigenvalue weighted by molar-refractivity contribution is 7.99. The van der Waals surface area contributed by atoms with Gasteiger partial charge in [-0.05, 0) is 18.1 Å². The molecular weight excluding hydrogens is 289 g/mol. The van der Waals surface area contributed by atoms with Gasteiger partial charge in [-0.1, -0.05) is 37.0 Å². The van der Waals surface area contributed by atoms with Crippen molar-refractivity contribution < 1.29 is 0 Å². The Balaban J connectivity index is 3.15. The molecule has 0 unspecified atom stereocenters. The van der Waals surface area contributed by atoms with Gasteiger partial charge in [0.2, 0.25) is 0 Å². The lowest BCUT2D eigenvalue weighted by Crippen LogP contribution is -1.97. The van der Waals surface area contributed by atoms with Crippen molar-refractivity contribution in [1.29, 1.82) is 10.5 Å². The molecule has 0 N–H and O–H groups in total. The van der Waals surface area contributed by atoms with Gasteiger partial charge in [0.15, 0.2) is 0 Å². The van der Waals surface area contributed by atoms with Crippen molar-refractivity contribution in [3.8, 4) is 12.1 Å². The van der Waals surface area contributed by atoms with Crippen LogP contribution in [0.4, 0.5) is 0 Å². The highest BCUT2D eigenvalue weighted by Crippen LogP contribution is 2.34. The number of hydrogen-bond donors (Lipinski definition) is 0. The van der Waals surface area contributed by atoms with Crippen LogP contribution in [0.5, 0.6) is 0 Å². The number of halogens is 2. The van der Waals surface area contributed by atoms with E-state index in [0.29, 0.717) is 10.8 Å². The van der Waals surface area contributed by atoms with Crippen LogP contribution in [0.15, 0.2) is 4.90 Å². The maximum absolute atomic E-state index is 9.08. The van der Waals surface area contributed by atoms with E-state index in [1.165, 1.54) is 11.8 Å². The predicted molar refractivity (Wildman–Crippen MR) is 73.9 cm³/mol. The zero-order valence-corrected chi connectivity index (χ0v) is 12.3. The highest BCUT2D eigenvalue weighted by Gasteiger charge is 2.18. The van der Waals surface area contributed by atoms with Crippen molar-refractivity contribution in [3.05, 3.63) is 21.4 Å². The predicted octanol–water partition coefficient (Wildman–Crippen LogP) is 4.27. The molecule has 18 heavy (non-hydrogen) atoms. The number of nitrogens with zero attached hydrogens (tertiary/aromatic N) is 3. The third kappa shape index (κ3) is 3.53. The molecule has 1 heterocycles. The van der Waals surface area contributed by atoms with Gasteiger partial charge in [-0.15, -0.1) is 11.8 Å². The first kappa shape index (κ1) is 15.1. The summed E-state index contributed by atoms with van der Waals surface area (Å²) in [4.78, 5) is 4.32. The van der Waals surface area contributed by atoms with Crippen LogP contribution in [-0.2, 0) is 0 Å². The van der Waals surface area contributed by atoms with Crippen molar-refractivity contribution in [2.45, 2.75) is 25.2 Å². The number of nitriles is 2. The summed E-state index contributed by atoms with van der Waals surface area (Å²) in [6.07, 6.45) is 0.984. The van der Waals surface area contributed by atoms with Gasteiger partial charge in [0.1, 0.15) is 33.6 Å². The van der Waals surface area contributed by atoms with Crippen molar-refractivity contribution >= 4 is 35.0 Å². The Bertz CT molecular complexity index is 491. The van der Waals surface area contributed by atoms with Crippen LogP contribution < -0.4 is 0 Å². The average Bonchev–Trinajstić information content (AvgIpc) is 2.28. The van der Waals surface area contributed by atoms with E-state index in [-0.39, 0.29) is 21.4 Å². The lowest BCUT2D eigenvalue weighted by Gasteiger charge is -2.09. The molecule has 0 amide bonds. The zero-order valence-electron chi connectivity index (χ0n) is 10.00. The lowest BCUT2D eigenvalue weighted by molar-refractivity contribution is 0.632. The normalized spacial score (nSPS) is 10.2. The zero-order chi connectivity index (χ0) is 13.7. The Kier molecular flexibility index (Phi) is 5.75. The van der Waals surface area contributed by atoms with Crippen LogP contribution in [-0.4, -0.2) is 10.7 Å². The van der Waals surface area contributed by atoms with Gasteiger partial charge in [0, 0.05) is 4.90 Å². The number of thioether (sulfide) groups is 1. The summed E-state index contributed by atoms with van der Waals surface area (Å²) >= 11 is 13.2. The summed E-state index contributed by atoms with van der Waals surface area (Å²) in [5.41, 5.74) is 0.456. The molecule has 94 valence electrons. The summed E-state index contributed by atoms with van der Waals surface area (Å²) in [5, 5.41) is 18.3. The molecule has 0 spiro atoms. The molecular formula is C12H11Cl2N3S. The van der Waals surface area contributed by atoms with Gasteiger partial charge < -0.3 is 0 Å². The molecule has 6 heteroatoms. The number of aromatic nitrogens is 1. The van der Waals surface area contributed by atoms with E-state index in [9.17, 15) is 0 Å². The second-order valence-electron chi connectivity index (χ2n) is 4.03. The Morgan fingerprint density at radius 3 is 2.06 bits per heavy atom. The van der Waals surface area contributed by atoms with Crippen LogP contribution in [0, 0.1) is 28.6 Å². The fourth-order valence-electron chi connectivity index (χ4n) is 1.25. The minimum atomic E-state index is 0.0496. The van der Waals surface area contributed by atoms with Crippen LogP contribution >= 0.6 is 35.0 Å². The van der Waals surface area contributed by atoms with Crippen LogP contribution in [0.25, 0.3) is 0 Å². The highest BCUT2D eigenvalue weighted by atomic mass is 35.5. The third-order valence-electron chi connectivity index (χ3n) is 2.23. The fraction of sp³-hybridized carbons (Fsp3) is 0.417. The Morgan fingerprint density at radius 1 is 1.17 bits per heavy atom. The topological polar surface area (TPSA) is 60.5 Å². The van der Waals surface area contributed by atoms with Gasteiger partial charge >= 0.3 is 0 Å². The molecule has 0 saturated carbocycles. The monoisotopic (exact) mass is 299 g/mol. The van der Waals surface area contributed by atoms with E-state index in [4.69, 9.17) is 33.7 Å². The third-order valence-corrected chi connectivity index (χ3v) is 3.91. The number of rotatable bonds is 4. The van der Waals surface area contributed by atoms with Crippen LogP contribution in [0.2, 0.25) is 10.3 Å².